The van der Waals surface area contributed by atoms with Crippen LogP contribution in [0.1, 0.15) is 56.9 Å². The summed E-state index contributed by atoms with van der Waals surface area (Å²) in [6.07, 6.45) is 0. The maximum atomic E-state index is 6.00. The molecule has 0 amide bonds. The van der Waals surface area contributed by atoms with Crippen LogP contribution in [-0.2, 0) is 5.41 Å². The molecule has 0 aliphatic rings. The van der Waals surface area contributed by atoms with Crippen LogP contribution < -0.4 is 5.32 Å². The van der Waals surface area contributed by atoms with Gasteiger partial charge < -0.3 is 5.32 Å². The van der Waals surface area contributed by atoms with Crippen molar-refractivity contribution in [2.45, 2.75) is 52.1 Å². The van der Waals surface area contributed by atoms with E-state index >= 15 is 0 Å². The smallest absolute Gasteiger partial charge is 0.114 e. The molecule has 1 aromatic heterocycles. The van der Waals surface area contributed by atoms with Crippen molar-refractivity contribution in [3.8, 4) is 0 Å². The molecule has 4 heteroatoms. The fourth-order valence-electron chi connectivity index (χ4n) is 2.06. The van der Waals surface area contributed by atoms with Crippen LogP contribution in [0.4, 0.5) is 0 Å². The Morgan fingerprint density at radius 1 is 1.14 bits per heavy atom. The fourth-order valence-corrected chi connectivity index (χ4v) is 3.32. The molecule has 21 heavy (non-hydrogen) atoms. The lowest BCUT2D eigenvalue weighted by Crippen LogP contribution is -2.29. The Balaban J connectivity index is 2.36. The quantitative estimate of drug-likeness (QED) is 0.838. The zero-order chi connectivity index (χ0) is 15.6. The standard InChI is InChI=1S/C17H23ClN2S/c1-11(2)19-15(12-6-8-13(18)9-7-12)16-20-14(10-21-16)17(3,4)5/h6-11,15,19H,1-5H3. The SMILES string of the molecule is CC(C)NC(c1ccc(Cl)cc1)c1nc(C(C)(C)C)cs1. The molecular formula is C17H23ClN2S. The minimum Gasteiger partial charge on any atom is -0.302 e. The molecule has 0 aliphatic carbocycles. The van der Waals surface area contributed by atoms with Gasteiger partial charge in [0.05, 0.1) is 11.7 Å². The van der Waals surface area contributed by atoms with Crippen molar-refractivity contribution in [3.63, 3.8) is 0 Å². The van der Waals surface area contributed by atoms with Crippen LogP contribution in [0.25, 0.3) is 0 Å². The van der Waals surface area contributed by atoms with E-state index in [4.69, 9.17) is 16.6 Å². The summed E-state index contributed by atoms with van der Waals surface area (Å²) in [7, 11) is 0. The Labute approximate surface area is 136 Å². The molecule has 1 atom stereocenters. The number of thiazole rings is 1. The second-order valence-electron chi connectivity index (χ2n) is 6.63. The number of hydrogen-bond donors (Lipinski definition) is 1. The number of hydrogen-bond acceptors (Lipinski definition) is 3. The molecule has 0 radical (unpaired) electrons. The normalized spacial score (nSPS) is 13.7. The largest absolute Gasteiger partial charge is 0.302 e. The van der Waals surface area contributed by atoms with Crippen LogP contribution in [0.2, 0.25) is 5.02 Å². The summed E-state index contributed by atoms with van der Waals surface area (Å²) in [6.45, 7) is 10.9. The highest BCUT2D eigenvalue weighted by atomic mass is 35.5. The molecule has 0 saturated carbocycles. The van der Waals surface area contributed by atoms with Crippen molar-refractivity contribution in [3.05, 3.63) is 50.9 Å². The molecule has 0 spiro atoms. The molecule has 2 aromatic rings. The first-order chi connectivity index (χ1) is 9.77. The third kappa shape index (κ3) is 4.29. The van der Waals surface area contributed by atoms with Crippen molar-refractivity contribution < 1.29 is 0 Å². The summed E-state index contributed by atoms with van der Waals surface area (Å²) in [4.78, 5) is 4.86. The van der Waals surface area contributed by atoms with E-state index in [-0.39, 0.29) is 11.5 Å². The molecule has 2 nitrogen and oxygen atoms in total. The summed E-state index contributed by atoms with van der Waals surface area (Å²) in [5.41, 5.74) is 2.42. The molecule has 1 aromatic carbocycles. The second kappa shape index (κ2) is 6.47. The molecular weight excluding hydrogens is 300 g/mol. The van der Waals surface area contributed by atoms with Crippen molar-refractivity contribution in [2.75, 3.05) is 0 Å². The molecule has 0 saturated heterocycles. The van der Waals surface area contributed by atoms with Crippen LogP contribution >= 0.6 is 22.9 Å². The number of nitrogens with zero attached hydrogens (tertiary/aromatic N) is 1. The predicted octanol–water partition coefficient (Wildman–Crippen LogP) is 5.18. The Kier molecular flexibility index (Phi) is 5.07. The maximum absolute atomic E-state index is 6.00. The number of nitrogens with one attached hydrogen (secondary N) is 1. The second-order valence-corrected chi connectivity index (χ2v) is 7.95. The predicted molar refractivity (Wildman–Crippen MR) is 92.4 cm³/mol. The number of halogens is 1. The van der Waals surface area contributed by atoms with Crippen molar-refractivity contribution in [1.82, 2.24) is 10.3 Å². The number of rotatable bonds is 4. The van der Waals surface area contributed by atoms with Crippen LogP contribution in [0, 0.1) is 0 Å². The Morgan fingerprint density at radius 3 is 2.24 bits per heavy atom. The highest BCUT2D eigenvalue weighted by molar-refractivity contribution is 7.09. The lowest BCUT2D eigenvalue weighted by Gasteiger charge is -2.20. The van der Waals surface area contributed by atoms with E-state index in [1.165, 1.54) is 5.56 Å². The third-order valence-corrected chi connectivity index (χ3v) is 4.40. The first kappa shape index (κ1) is 16.5. The molecule has 2 rings (SSSR count). The van der Waals surface area contributed by atoms with Gasteiger partial charge in [0.1, 0.15) is 5.01 Å². The van der Waals surface area contributed by atoms with Gasteiger partial charge in [-0.3, -0.25) is 0 Å². The van der Waals surface area contributed by atoms with E-state index < -0.39 is 0 Å². The Hall–Kier alpha value is -0.900. The van der Waals surface area contributed by atoms with Crippen LogP contribution in [-0.4, -0.2) is 11.0 Å². The Morgan fingerprint density at radius 2 is 1.76 bits per heavy atom. The molecule has 1 N–H and O–H groups in total. The van der Waals surface area contributed by atoms with Gasteiger partial charge in [0.25, 0.3) is 0 Å². The van der Waals surface area contributed by atoms with E-state index in [1.807, 2.05) is 12.1 Å². The van der Waals surface area contributed by atoms with E-state index in [0.717, 1.165) is 15.7 Å². The number of benzene rings is 1. The topological polar surface area (TPSA) is 24.9 Å². The van der Waals surface area contributed by atoms with Gasteiger partial charge in [-0.15, -0.1) is 11.3 Å². The van der Waals surface area contributed by atoms with E-state index in [9.17, 15) is 0 Å². The van der Waals surface area contributed by atoms with Gasteiger partial charge in [0.2, 0.25) is 0 Å². The zero-order valence-electron chi connectivity index (χ0n) is 13.3. The van der Waals surface area contributed by atoms with Gasteiger partial charge in [-0.25, -0.2) is 4.98 Å². The van der Waals surface area contributed by atoms with E-state index in [2.05, 4.69) is 57.4 Å². The lowest BCUT2D eigenvalue weighted by atomic mass is 9.93. The summed E-state index contributed by atoms with van der Waals surface area (Å²) < 4.78 is 0. The summed E-state index contributed by atoms with van der Waals surface area (Å²) in [6, 6.07) is 8.51. The van der Waals surface area contributed by atoms with Crippen LogP contribution in [0.3, 0.4) is 0 Å². The highest BCUT2D eigenvalue weighted by Crippen LogP contribution is 2.30. The van der Waals surface area contributed by atoms with Crippen molar-refractivity contribution in [1.29, 1.82) is 0 Å². The van der Waals surface area contributed by atoms with E-state index in [0.29, 0.717) is 6.04 Å². The minimum absolute atomic E-state index is 0.0805. The fraction of sp³-hybridized carbons (Fsp3) is 0.471. The monoisotopic (exact) mass is 322 g/mol. The van der Waals surface area contributed by atoms with Gasteiger partial charge in [0, 0.05) is 21.9 Å². The zero-order valence-corrected chi connectivity index (χ0v) is 14.8. The molecule has 0 aliphatic heterocycles. The molecule has 1 unspecified atom stereocenters. The third-order valence-electron chi connectivity index (χ3n) is 3.24. The van der Waals surface area contributed by atoms with Gasteiger partial charge in [-0.2, -0.15) is 0 Å². The van der Waals surface area contributed by atoms with Crippen molar-refractivity contribution >= 4 is 22.9 Å². The molecule has 1 heterocycles. The molecule has 0 bridgehead atoms. The van der Waals surface area contributed by atoms with Crippen LogP contribution in [0.15, 0.2) is 29.6 Å². The van der Waals surface area contributed by atoms with E-state index in [1.54, 1.807) is 11.3 Å². The lowest BCUT2D eigenvalue weighted by molar-refractivity contribution is 0.519. The van der Waals surface area contributed by atoms with Gasteiger partial charge in [-0.1, -0.05) is 44.5 Å². The first-order valence-electron chi connectivity index (χ1n) is 7.25. The average molecular weight is 323 g/mol. The van der Waals surface area contributed by atoms with Gasteiger partial charge in [0.15, 0.2) is 0 Å². The maximum Gasteiger partial charge on any atom is 0.114 e. The number of aromatic nitrogens is 1. The minimum atomic E-state index is 0.0805. The van der Waals surface area contributed by atoms with Crippen molar-refractivity contribution in [2.24, 2.45) is 0 Å². The highest BCUT2D eigenvalue weighted by Gasteiger charge is 2.22. The molecule has 114 valence electrons. The average Bonchev–Trinajstić information content (AvgIpc) is 2.86. The van der Waals surface area contributed by atoms with Gasteiger partial charge >= 0.3 is 0 Å². The first-order valence-corrected chi connectivity index (χ1v) is 8.50. The van der Waals surface area contributed by atoms with Gasteiger partial charge in [-0.05, 0) is 31.5 Å². The van der Waals surface area contributed by atoms with Crippen LogP contribution in [0.5, 0.6) is 0 Å². The molecule has 0 fully saturated rings. The Bertz CT molecular complexity index is 582. The summed E-state index contributed by atoms with van der Waals surface area (Å²) >= 11 is 7.72. The summed E-state index contributed by atoms with van der Waals surface area (Å²) in [5.74, 6) is 0. The summed E-state index contributed by atoms with van der Waals surface area (Å²) in [5, 5.41) is 7.64.